The van der Waals surface area contributed by atoms with E-state index in [1.807, 2.05) is 0 Å². The lowest BCUT2D eigenvalue weighted by Crippen LogP contribution is -2.45. The number of ether oxygens (including phenoxy) is 1. The molecule has 1 rings (SSSR count). The summed E-state index contributed by atoms with van der Waals surface area (Å²) in [6, 6.07) is 0. The van der Waals surface area contributed by atoms with E-state index in [0.717, 1.165) is 0 Å². The smallest absolute Gasteiger partial charge is 0.219 e. The van der Waals surface area contributed by atoms with Crippen molar-refractivity contribution in [3.63, 3.8) is 0 Å². The van der Waals surface area contributed by atoms with Crippen LogP contribution < -0.4 is 0 Å². The summed E-state index contributed by atoms with van der Waals surface area (Å²) in [7, 11) is 0. The van der Waals surface area contributed by atoms with E-state index in [9.17, 15) is 4.39 Å². The molecule has 4 nitrogen and oxygen atoms in total. The summed E-state index contributed by atoms with van der Waals surface area (Å²) in [5, 5.41) is 26.7. The molecule has 0 aromatic rings. The zero-order chi connectivity index (χ0) is 8.65. The number of aliphatic hydroxyl groups is 3. The van der Waals surface area contributed by atoms with Crippen molar-refractivity contribution < 1.29 is 24.4 Å². The van der Waals surface area contributed by atoms with E-state index in [2.05, 4.69) is 4.74 Å². The molecule has 11 heavy (non-hydrogen) atoms. The Bertz CT molecular complexity index is 154. The highest BCUT2D eigenvalue weighted by Gasteiger charge is 2.52. The van der Waals surface area contributed by atoms with Crippen molar-refractivity contribution in [3.05, 3.63) is 0 Å². The van der Waals surface area contributed by atoms with Crippen LogP contribution in [0.4, 0.5) is 4.39 Å². The maximum absolute atomic E-state index is 12.7. The second-order valence-corrected chi connectivity index (χ2v) is 2.72. The van der Waals surface area contributed by atoms with Crippen LogP contribution in [0, 0.1) is 0 Å². The standard InChI is InChI=1S/C6H11FO4/c1-3-4(7)5(9)6(10,2-8)11-3/h3-5,8-10H,2H2,1H3/t3-,4-,5-,6+/m0/s1. The van der Waals surface area contributed by atoms with E-state index in [1.165, 1.54) is 6.92 Å². The van der Waals surface area contributed by atoms with Gasteiger partial charge in [0.2, 0.25) is 5.79 Å². The molecule has 4 atom stereocenters. The van der Waals surface area contributed by atoms with Gasteiger partial charge >= 0.3 is 0 Å². The number of rotatable bonds is 1. The molecule has 0 aromatic heterocycles. The fourth-order valence-electron chi connectivity index (χ4n) is 1.09. The van der Waals surface area contributed by atoms with Gasteiger partial charge in [0.1, 0.15) is 6.10 Å². The Hall–Kier alpha value is -0.230. The van der Waals surface area contributed by atoms with E-state index in [1.54, 1.807) is 0 Å². The van der Waals surface area contributed by atoms with E-state index in [-0.39, 0.29) is 0 Å². The van der Waals surface area contributed by atoms with E-state index in [0.29, 0.717) is 0 Å². The van der Waals surface area contributed by atoms with Crippen molar-refractivity contribution in [1.29, 1.82) is 0 Å². The molecule has 0 spiro atoms. The lowest BCUT2D eigenvalue weighted by molar-refractivity contribution is -0.243. The minimum Gasteiger partial charge on any atom is -0.391 e. The third-order valence-electron chi connectivity index (χ3n) is 1.83. The molecule has 1 saturated heterocycles. The molecule has 1 aliphatic heterocycles. The third-order valence-corrected chi connectivity index (χ3v) is 1.83. The van der Waals surface area contributed by atoms with Gasteiger partial charge in [-0.15, -0.1) is 0 Å². The van der Waals surface area contributed by atoms with Gasteiger partial charge in [0.25, 0.3) is 0 Å². The van der Waals surface area contributed by atoms with E-state index in [4.69, 9.17) is 15.3 Å². The van der Waals surface area contributed by atoms with Gasteiger partial charge in [-0.3, -0.25) is 0 Å². The van der Waals surface area contributed by atoms with Crippen molar-refractivity contribution >= 4 is 0 Å². The van der Waals surface area contributed by atoms with Gasteiger partial charge in [-0.25, -0.2) is 4.39 Å². The monoisotopic (exact) mass is 166 g/mol. The Morgan fingerprint density at radius 1 is 1.64 bits per heavy atom. The average Bonchev–Trinajstić information content (AvgIpc) is 2.17. The summed E-state index contributed by atoms with van der Waals surface area (Å²) < 4.78 is 17.3. The lowest BCUT2D eigenvalue weighted by atomic mass is 10.1. The molecule has 0 radical (unpaired) electrons. The number of aliphatic hydroxyl groups excluding tert-OH is 2. The first-order valence-corrected chi connectivity index (χ1v) is 3.34. The average molecular weight is 166 g/mol. The summed E-state index contributed by atoms with van der Waals surface area (Å²) in [6.07, 6.45) is -4.20. The largest absolute Gasteiger partial charge is 0.391 e. The Morgan fingerprint density at radius 3 is 2.36 bits per heavy atom. The Kier molecular flexibility index (Phi) is 2.15. The molecule has 1 fully saturated rings. The van der Waals surface area contributed by atoms with Crippen LogP contribution in [-0.2, 0) is 4.74 Å². The SMILES string of the molecule is C[C@@H]1O[C@](O)(CO)[C@@H](O)[C@H]1F. The summed E-state index contributed by atoms with van der Waals surface area (Å²) >= 11 is 0. The minimum absolute atomic E-state index is 0.807. The topological polar surface area (TPSA) is 69.9 Å². The quantitative estimate of drug-likeness (QED) is 0.457. The van der Waals surface area contributed by atoms with Crippen LogP contribution in [0.15, 0.2) is 0 Å². The minimum atomic E-state index is -2.13. The molecule has 0 aromatic carbocycles. The second kappa shape index (κ2) is 2.67. The summed E-state index contributed by atoms with van der Waals surface area (Å²) in [6.45, 7) is 0.570. The Balaban J connectivity index is 2.73. The van der Waals surface area contributed by atoms with Crippen LogP contribution in [0.2, 0.25) is 0 Å². The highest BCUT2D eigenvalue weighted by atomic mass is 19.1. The fourth-order valence-corrected chi connectivity index (χ4v) is 1.09. The van der Waals surface area contributed by atoms with Crippen molar-refractivity contribution in [1.82, 2.24) is 0 Å². The first-order valence-electron chi connectivity index (χ1n) is 3.34. The Labute approximate surface area is 63.2 Å². The summed E-state index contributed by atoms with van der Waals surface area (Å²) in [4.78, 5) is 0. The van der Waals surface area contributed by atoms with Crippen molar-refractivity contribution in [3.8, 4) is 0 Å². The Morgan fingerprint density at radius 2 is 2.18 bits per heavy atom. The maximum atomic E-state index is 12.7. The van der Waals surface area contributed by atoms with Crippen LogP contribution in [0.3, 0.4) is 0 Å². The maximum Gasteiger partial charge on any atom is 0.219 e. The predicted octanol–water partition coefficient (Wildman–Crippen LogP) is -1.22. The van der Waals surface area contributed by atoms with Crippen LogP contribution in [0.25, 0.3) is 0 Å². The highest BCUT2D eigenvalue weighted by Crippen LogP contribution is 2.30. The van der Waals surface area contributed by atoms with Crippen LogP contribution in [0.5, 0.6) is 0 Å². The molecular formula is C6H11FO4. The van der Waals surface area contributed by atoms with E-state index < -0.39 is 30.8 Å². The molecule has 1 aliphatic rings. The predicted molar refractivity (Wildman–Crippen MR) is 33.5 cm³/mol. The van der Waals surface area contributed by atoms with Crippen molar-refractivity contribution in [2.24, 2.45) is 0 Å². The van der Waals surface area contributed by atoms with Gasteiger partial charge in [0.15, 0.2) is 6.17 Å². The van der Waals surface area contributed by atoms with Gasteiger partial charge in [-0.2, -0.15) is 0 Å². The highest BCUT2D eigenvalue weighted by molar-refractivity contribution is 4.93. The summed E-state index contributed by atoms with van der Waals surface area (Å²) in [5.41, 5.74) is 0. The molecule has 0 amide bonds. The lowest BCUT2D eigenvalue weighted by Gasteiger charge is -2.22. The molecule has 66 valence electrons. The molecule has 3 N–H and O–H groups in total. The number of hydrogen-bond donors (Lipinski definition) is 3. The number of halogens is 1. The second-order valence-electron chi connectivity index (χ2n) is 2.72. The first kappa shape index (κ1) is 8.86. The normalized spacial score (nSPS) is 51.5. The fraction of sp³-hybridized carbons (Fsp3) is 1.00. The molecule has 0 saturated carbocycles. The number of hydrogen-bond acceptors (Lipinski definition) is 4. The third kappa shape index (κ3) is 1.24. The molecule has 0 unspecified atom stereocenters. The molecule has 5 heteroatoms. The van der Waals surface area contributed by atoms with Gasteiger partial charge < -0.3 is 20.1 Å². The molecular weight excluding hydrogens is 155 g/mol. The van der Waals surface area contributed by atoms with Crippen LogP contribution in [0.1, 0.15) is 6.92 Å². The summed E-state index contributed by atoms with van der Waals surface area (Å²) in [5.74, 6) is -2.13. The van der Waals surface area contributed by atoms with Crippen LogP contribution >= 0.6 is 0 Å². The zero-order valence-electron chi connectivity index (χ0n) is 6.07. The van der Waals surface area contributed by atoms with Gasteiger partial charge in [-0.1, -0.05) is 0 Å². The van der Waals surface area contributed by atoms with Crippen LogP contribution in [-0.4, -0.2) is 46.1 Å². The van der Waals surface area contributed by atoms with E-state index >= 15 is 0 Å². The molecule has 1 heterocycles. The zero-order valence-corrected chi connectivity index (χ0v) is 6.07. The van der Waals surface area contributed by atoms with Crippen molar-refractivity contribution in [2.45, 2.75) is 31.1 Å². The first-order chi connectivity index (χ1) is 5.01. The van der Waals surface area contributed by atoms with Gasteiger partial charge in [-0.05, 0) is 6.92 Å². The molecule has 0 aliphatic carbocycles. The van der Waals surface area contributed by atoms with Gasteiger partial charge in [0, 0.05) is 0 Å². The molecule has 0 bridgehead atoms. The van der Waals surface area contributed by atoms with Crippen molar-refractivity contribution in [2.75, 3.05) is 6.61 Å². The number of alkyl halides is 1. The van der Waals surface area contributed by atoms with Gasteiger partial charge in [0.05, 0.1) is 12.7 Å².